The summed E-state index contributed by atoms with van der Waals surface area (Å²) in [6.45, 7) is 0.0611. The van der Waals surface area contributed by atoms with Crippen LogP contribution in [-0.2, 0) is 9.59 Å². The summed E-state index contributed by atoms with van der Waals surface area (Å²) in [5.41, 5.74) is 0. The molecule has 0 spiro atoms. The Balaban J connectivity index is 1.83. The van der Waals surface area contributed by atoms with Crippen LogP contribution < -0.4 is 4.74 Å². The van der Waals surface area contributed by atoms with Crippen molar-refractivity contribution in [1.82, 2.24) is 4.90 Å². The number of hydrogen-bond acceptors (Lipinski definition) is 3. The third-order valence-corrected chi connectivity index (χ3v) is 3.32. The Morgan fingerprint density at radius 3 is 2.74 bits per heavy atom. The number of likely N-dealkylation sites (tertiary alicyclic amines) is 1. The van der Waals surface area contributed by atoms with Crippen LogP contribution in [0.3, 0.4) is 0 Å². The minimum absolute atomic E-state index is 0.00754. The van der Waals surface area contributed by atoms with Crippen LogP contribution in [0.2, 0.25) is 0 Å². The predicted octanol–water partition coefficient (Wildman–Crippen LogP) is 1.51. The largest absolute Gasteiger partial charge is 0.481 e. The topological polar surface area (TPSA) is 66.8 Å². The first kappa shape index (κ1) is 13.8. The minimum Gasteiger partial charge on any atom is -0.481 e. The lowest BCUT2D eigenvalue weighted by Crippen LogP contribution is -2.54. The van der Waals surface area contributed by atoms with Gasteiger partial charge < -0.3 is 14.7 Å². The van der Waals surface area contributed by atoms with Crippen molar-refractivity contribution in [2.24, 2.45) is 5.92 Å². The van der Waals surface area contributed by atoms with E-state index in [1.165, 1.54) is 17.0 Å². The van der Waals surface area contributed by atoms with Gasteiger partial charge in [-0.2, -0.15) is 0 Å². The van der Waals surface area contributed by atoms with Gasteiger partial charge in [-0.3, -0.25) is 9.59 Å². The summed E-state index contributed by atoms with van der Waals surface area (Å²) >= 11 is 3.11. The third kappa shape index (κ3) is 3.23. The molecule has 2 rings (SSSR count). The van der Waals surface area contributed by atoms with E-state index in [1.807, 2.05) is 0 Å². The molecule has 0 unspecified atom stereocenters. The maximum Gasteiger partial charge on any atom is 0.310 e. The highest BCUT2D eigenvalue weighted by molar-refractivity contribution is 9.10. The van der Waals surface area contributed by atoms with Crippen molar-refractivity contribution in [3.05, 3.63) is 28.5 Å². The summed E-state index contributed by atoms with van der Waals surface area (Å²) in [7, 11) is 0. The highest BCUT2D eigenvalue weighted by atomic mass is 79.9. The van der Waals surface area contributed by atoms with E-state index in [0.29, 0.717) is 4.47 Å². The zero-order valence-electron chi connectivity index (χ0n) is 9.81. The molecule has 1 aliphatic rings. The number of carbonyl (C=O) groups excluding carboxylic acids is 1. The SMILES string of the molecule is O=C(O)C1CN(C(=O)COc2ccc(Br)cc2F)C1. The highest BCUT2D eigenvalue weighted by Crippen LogP contribution is 2.22. The smallest absolute Gasteiger partial charge is 0.310 e. The Kier molecular flexibility index (Phi) is 4.04. The number of rotatable bonds is 4. The molecule has 19 heavy (non-hydrogen) atoms. The molecule has 5 nitrogen and oxygen atoms in total. The van der Waals surface area contributed by atoms with Gasteiger partial charge in [0.2, 0.25) is 0 Å². The lowest BCUT2D eigenvalue weighted by molar-refractivity contribution is -0.153. The molecule has 0 bridgehead atoms. The molecule has 1 aromatic carbocycles. The van der Waals surface area contributed by atoms with E-state index in [-0.39, 0.29) is 31.4 Å². The van der Waals surface area contributed by atoms with Gasteiger partial charge in [0.25, 0.3) is 5.91 Å². The maximum atomic E-state index is 13.4. The Morgan fingerprint density at radius 2 is 2.16 bits per heavy atom. The van der Waals surface area contributed by atoms with Gasteiger partial charge in [-0.25, -0.2) is 4.39 Å². The van der Waals surface area contributed by atoms with Crippen LogP contribution in [0.15, 0.2) is 22.7 Å². The van der Waals surface area contributed by atoms with Gasteiger partial charge in [-0.15, -0.1) is 0 Å². The number of carboxylic acid groups (broad SMARTS) is 1. The molecule has 1 amide bonds. The fraction of sp³-hybridized carbons (Fsp3) is 0.333. The third-order valence-electron chi connectivity index (χ3n) is 2.83. The van der Waals surface area contributed by atoms with Gasteiger partial charge in [0.1, 0.15) is 0 Å². The molecule has 0 atom stereocenters. The first-order chi connectivity index (χ1) is 8.97. The highest BCUT2D eigenvalue weighted by Gasteiger charge is 2.35. The summed E-state index contributed by atoms with van der Waals surface area (Å²) in [5.74, 6) is -2.34. The lowest BCUT2D eigenvalue weighted by Gasteiger charge is -2.36. The van der Waals surface area contributed by atoms with E-state index in [1.54, 1.807) is 6.07 Å². The van der Waals surface area contributed by atoms with E-state index in [4.69, 9.17) is 9.84 Å². The zero-order chi connectivity index (χ0) is 14.0. The lowest BCUT2D eigenvalue weighted by atomic mass is 10.0. The summed E-state index contributed by atoms with van der Waals surface area (Å²) in [6, 6.07) is 4.26. The van der Waals surface area contributed by atoms with Crippen molar-refractivity contribution >= 4 is 27.8 Å². The molecule has 0 aromatic heterocycles. The van der Waals surface area contributed by atoms with E-state index in [9.17, 15) is 14.0 Å². The first-order valence-electron chi connectivity index (χ1n) is 5.56. The van der Waals surface area contributed by atoms with Crippen LogP contribution in [0.5, 0.6) is 5.75 Å². The molecule has 1 N–H and O–H groups in total. The van der Waals surface area contributed by atoms with Gasteiger partial charge in [0, 0.05) is 17.6 Å². The second-order valence-corrected chi connectivity index (χ2v) is 5.11. The second-order valence-electron chi connectivity index (χ2n) is 4.20. The van der Waals surface area contributed by atoms with Crippen molar-refractivity contribution < 1.29 is 23.8 Å². The van der Waals surface area contributed by atoms with Crippen LogP contribution in [0.1, 0.15) is 0 Å². The Bertz CT molecular complexity index is 516. The van der Waals surface area contributed by atoms with E-state index >= 15 is 0 Å². The molecular weight excluding hydrogens is 321 g/mol. The average molecular weight is 332 g/mol. The normalized spacial score (nSPS) is 14.9. The number of amides is 1. The molecule has 1 aromatic rings. The number of benzene rings is 1. The zero-order valence-corrected chi connectivity index (χ0v) is 11.4. The Morgan fingerprint density at radius 1 is 1.47 bits per heavy atom. The number of nitrogens with zero attached hydrogens (tertiary/aromatic N) is 1. The van der Waals surface area contributed by atoms with Crippen LogP contribution in [-0.4, -0.2) is 41.6 Å². The first-order valence-corrected chi connectivity index (χ1v) is 6.35. The number of aliphatic carboxylic acids is 1. The van der Waals surface area contributed by atoms with Crippen molar-refractivity contribution in [2.75, 3.05) is 19.7 Å². The van der Waals surface area contributed by atoms with Gasteiger partial charge in [0.15, 0.2) is 18.2 Å². The van der Waals surface area contributed by atoms with Crippen molar-refractivity contribution in [1.29, 1.82) is 0 Å². The van der Waals surface area contributed by atoms with Gasteiger partial charge in [-0.1, -0.05) is 15.9 Å². The fourth-order valence-corrected chi connectivity index (χ4v) is 1.99. The maximum absolute atomic E-state index is 13.4. The molecule has 1 heterocycles. The standard InChI is InChI=1S/C12H11BrFNO4/c13-8-1-2-10(9(14)3-8)19-6-11(16)15-4-7(5-15)12(17)18/h1-3,7H,4-6H2,(H,17,18). The molecule has 1 aliphatic heterocycles. The average Bonchev–Trinajstić information content (AvgIpc) is 2.25. The number of hydrogen-bond donors (Lipinski definition) is 1. The monoisotopic (exact) mass is 331 g/mol. The van der Waals surface area contributed by atoms with Crippen LogP contribution in [0, 0.1) is 11.7 Å². The summed E-state index contributed by atoms with van der Waals surface area (Å²) < 4.78 is 19.1. The molecule has 0 saturated carbocycles. The van der Waals surface area contributed by atoms with Crippen molar-refractivity contribution in [3.8, 4) is 5.75 Å². The molecule has 0 radical (unpaired) electrons. The summed E-state index contributed by atoms with van der Waals surface area (Å²) in [4.78, 5) is 23.6. The fourth-order valence-electron chi connectivity index (χ4n) is 1.66. The number of carboxylic acids is 1. The van der Waals surface area contributed by atoms with Crippen LogP contribution >= 0.6 is 15.9 Å². The molecule has 7 heteroatoms. The Hall–Kier alpha value is -1.63. The quantitative estimate of drug-likeness (QED) is 0.908. The number of carbonyl (C=O) groups is 2. The molecule has 102 valence electrons. The van der Waals surface area contributed by atoms with E-state index in [2.05, 4.69) is 15.9 Å². The van der Waals surface area contributed by atoms with Gasteiger partial charge in [0.05, 0.1) is 5.92 Å². The Labute approximate surface area is 117 Å². The number of ether oxygens (including phenoxy) is 1. The van der Waals surface area contributed by atoms with Crippen molar-refractivity contribution in [2.45, 2.75) is 0 Å². The molecule has 1 saturated heterocycles. The van der Waals surface area contributed by atoms with Gasteiger partial charge in [-0.05, 0) is 18.2 Å². The predicted molar refractivity (Wildman–Crippen MR) is 67.3 cm³/mol. The summed E-state index contributed by atoms with van der Waals surface area (Å²) in [5, 5.41) is 8.68. The van der Waals surface area contributed by atoms with Gasteiger partial charge >= 0.3 is 5.97 Å². The van der Waals surface area contributed by atoms with Crippen LogP contribution in [0.25, 0.3) is 0 Å². The van der Waals surface area contributed by atoms with Crippen LogP contribution in [0.4, 0.5) is 4.39 Å². The van der Waals surface area contributed by atoms with E-state index in [0.717, 1.165) is 0 Å². The van der Waals surface area contributed by atoms with E-state index < -0.39 is 17.7 Å². The molecule has 1 fully saturated rings. The second kappa shape index (κ2) is 5.56. The molecule has 0 aliphatic carbocycles. The summed E-state index contributed by atoms with van der Waals surface area (Å²) in [6.07, 6.45) is 0. The number of halogens is 2. The van der Waals surface area contributed by atoms with Crippen molar-refractivity contribution in [3.63, 3.8) is 0 Å². The minimum atomic E-state index is -0.913. The molecular formula is C12H11BrFNO4.